The van der Waals surface area contributed by atoms with Crippen molar-refractivity contribution in [3.8, 4) is 33.5 Å². The minimum Gasteiger partial charge on any atom is -0.497 e. The number of nitrogens with zero attached hydrogens (tertiary/aromatic N) is 4. The minimum absolute atomic E-state index is 0.540. The van der Waals surface area contributed by atoms with E-state index in [-0.39, 0.29) is 0 Å². The van der Waals surface area contributed by atoms with Gasteiger partial charge in [-0.05, 0) is 60.7 Å². The zero-order chi connectivity index (χ0) is 23.3. The number of aromatic nitrogens is 4. The van der Waals surface area contributed by atoms with E-state index in [2.05, 4.69) is 20.1 Å². The highest BCUT2D eigenvalue weighted by molar-refractivity contribution is 7.98. The number of thiazole rings is 1. The molecule has 0 spiro atoms. The number of thioether (sulfide) groups is 1. The summed E-state index contributed by atoms with van der Waals surface area (Å²) >= 11 is 3.24. The third kappa shape index (κ3) is 4.85. The fourth-order valence-corrected chi connectivity index (χ4v) is 5.19. The van der Waals surface area contributed by atoms with Crippen LogP contribution in [0.3, 0.4) is 0 Å². The third-order valence-corrected chi connectivity index (χ3v) is 7.14. The Morgan fingerprint density at radius 3 is 2.26 bits per heavy atom. The highest BCUT2D eigenvalue weighted by Crippen LogP contribution is 2.31. The molecular weight excluding hydrogens is 468 g/mol. The first-order chi connectivity index (χ1) is 16.7. The highest BCUT2D eigenvalue weighted by Gasteiger charge is 2.17. The van der Waals surface area contributed by atoms with Crippen LogP contribution in [0.5, 0.6) is 11.5 Å². The predicted octanol–water partition coefficient (Wildman–Crippen LogP) is 6.02. The molecule has 5 rings (SSSR count). The molecule has 0 aliphatic rings. The molecule has 0 saturated carbocycles. The van der Waals surface area contributed by atoms with Gasteiger partial charge in [-0.15, -0.1) is 21.5 Å². The monoisotopic (exact) mass is 490 g/mol. The van der Waals surface area contributed by atoms with E-state index in [1.807, 2.05) is 60.7 Å². The summed E-state index contributed by atoms with van der Waals surface area (Å²) in [6.45, 7) is 0.540. The van der Waals surface area contributed by atoms with E-state index >= 15 is 0 Å². The summed E-state index contributed by atoms with van der Waals surface area (Å²) in [4.78, 5) is 4.81. The van der Waals surface area contributed by atoms with Crippen LogP contribution in [-0.2, 0) is 12.3 Å². The van der Waals surface area contributed by atoms with Gasteiger partial charge in [-0.1, -0.05) is 11.8 Å². The Bertz CT molecular complexity index is 1340. The van der Waals surface area contributed by atoms with Gasteiger partial charge in [0.25, 0.3) is 0 Å². The van der Waals surface area contributed by atoms with Gasteiger partial charge in [-0.25, -0.2) is 4.98 Å². The second-order valence-electron chi connectivity index (χ2n) is 7.36. The van der Waals surface area contributed by atoms with Gasteiger partial charge in [0.05, 0.1) is 32.7 Å². The Kier molecular flexibility index (Phi) is 6.64. The smallest absolute Gasteiger partial charge is 0.192 e. The molecule has 34 heavy (non-hydrogen) atoms. The van der Waals surface area contributed by atoms with Gasteiger partial charge in [-0.2, -0.15) is 0 Å². The molecule has 3 aromatic heterocycles. The van der Waals surface area contributed by atoms with Crippen molar-refractivity contribution in [2.45, 2.75) is 17.5 Å². The molecule has 0 aliphatic heterocycles. The van der Waals surface area contributed by atoms with Crippen molar-refractivity contribution in [3.05, 3.63) is 83.8 Å². The molecule has 0 bridgehead atoms. The van der Waals surface area contributed by atoms with Crippen LogP contribution in [-0.4, -0.2) is 34.0 Å². The Labute approximate surface area is 205 Å². The first kappa shape index (κ1) is 22.2. The van der Waals surface area contributed by atoms with Crippen LogP contribution >= 0.6 is 23.1 Å². The second kappa shape index (κ2) is 10.1. The number of rotatable bonds is 9. The van der Waals surface area contributed by atoms with Crippen LogP contribution in [0.4, 0.5) is 0 Å². The molecule has 5 aromatic rings. The van der Waals surface area contributed by atoms with Crippen LogP contribution in [0.15, 0.2) is 81.9 Å². The Balaban J connectivity index is 1.37. The van der Waals surface area contributed by atoms with E-state index in [0.717, 1.165) is 50.1 Å². The molecule has 0 saturated heterocycles. The van der Waals surface area contributed by atoms with E-state index < -0.39 is 0 Å². The summed E-state index contributed by atoms with van der Waals surface area (Å²) in [5.74, 6) is 3.93. The van der Waals surface area contributed by atoms with Crippen molar-refractivity contribution in [1.29, 1.82) is 0 Å². The van der Waals surface area contributed by atoms with Gasteiger partial charge in [0.2, 0.25) is 0 Å². The van der Waals surface area contributed by atoms with Crippen molar-refractivity contribution >= 4 is 23.1 Å². The quantitative estimate of drug-likeness (QED) is 0.234. The summed E-state index contributed by atoms with van der Waals surface area (Å²) in [6, 6.07) is 19.6. The first-order valence-corrected chi connectivity index (χ1v) is 12.4. The summed E-state index contributed by atoms with van der Waals surface area (Å²) in [5.41, 5.74) is 3.03. The maximum atomic E-state index is 5.60. The summed E-state index contributed by atoms with van der Waals surface area (Å²) in [7, 11) is 3.32. The maximum absolute atomic E-state index is 5.60. The van der Waals surface area contributed by atoms with Crippen LogP contribution in [0, 0.1) is 0 Å². The van der Waals surface area contributed by atoms with Crippen molar-refractivity contribution < 1.29 is 13.9 Å². The molecule has 3 heterocycles. The average Bonchev–Trinajstić information content (AvgIpc) is 3.65. The molecule has 0 amide bonds. The van der Waals surface area contributed by atoms with Gasteiger partial charge >= 0.3 is 0 Å². The summed E-state index contributed by atoms with van der Waals surface area (Å²) < 4.78 is 18.2. The topological polar surface area (TPSA) is 75.2 Å². The fourth-order valence-electron chi connectivity index (χ4n) is 3.43. The molecule has 7 nitrogen and oxygen atoms in total. The van der Waals surface area contributed by atoms with Crippen molar-refractivity contribution in [2.75, 3.05) is 14.2 Å². The van der Waals surface area contributed by atoms with Gasteiger partial charge < -0.3 is 13.9 Å². The molecule has 0 atom stereocenters. The number of benzene rings is 2. The Morgan fingerprint density at radius 1 is 0.912 bits per heavy atom. The van der Waals surface area contributed by atoms with Gasteiger partial charge in [0.1, 0.15) is 22.3 Å². The Hall–Kier alpha value is -3.56. The Morgan fingerprint density at radius 2 is 1.62 bits per heavy atom. The summed E-state index contributed by atoms with van der Waals surface area (Å²) in [5, 5.41) is 12.8. The van der Waals surface area contributed by atoms with Crippen LogP contribution in [0.1, 0.15) is 11.5 Å². The molecule has 0 fully saturated rings. The highest BCUT2D eigenvalue weighted by atomic mass is 32.2. The lowest BCUT2D eigenvalue weighted by Gasteiger charge is -2.09. The molecule has 0 radical (unpaired) electrons. The van der Waals surface area contributed by atoms with E-state index in [1.54, 1.807) is 43.6 Å². The molecule has 0 unspecified atom stereocenters. The molecule has 0 aliphatic carbocycles. The zero-order valence-electron chi connectivity index (χ0n) is 18.7. The van der Waals surface area contributed by atoms with Crippen molar-refractivity contribution in [3.63, 3.8) is 0 Å². The number of hydrogen-bond donors (Lipinski definition) is 0. The maximum Gasteiger partial charge on any atom is 0.192 e. The first-order valence-electron chi connectivity index (χ1n) is 10.5. The second-order valence-corrected chi connectivity index (χ2v) is 9.16. The number of ether oxygens (including phenoxy) is 2. The molecule has 172 valence electrons. The third-order valence-electron chi connectivity index (χ3n) is 5.20. The minimum atomic E-state index is 0.540. The zero-order valence-corrected chi connectivity index (χ0v) is 20.3. The van der Waals surface area contributed by atoms with E-state index in [1.165, 1.54) is 0 Å². The molecular formula is C25H22N4O3S2. The molecule has 2 aromatic carbocycles. The standard InChI is InChI=1S/C25H22N4O3S2/c1-30-20-9-5-17(6-10-20)23-27-28-25(29(23)14-22-4-3-13-32-22)34-16-19-15-33-24(26-19)18-7-11-21(31-2)12-8-18/h3-13,15H,14,16H2,1-2H3. The van der Waals surface area contributed by atoms with E-state index in [4.69, 9.17) is 18.9 Å². The predicted molar refractivity (Wildman–Crippen MR) is 133 cm³/mol. The van der Waals surface area contributed by atoms with Crippen molar-refractivity contribution in [1.82, 2.24) is 19.7 Å². The van der Waals surface area contributed by atoms with Gasteiger partial charge in [-0.3, -0.25) is 4.57 Å². The van der Waals surface area contributed by atoms with E-state index in [0.29, 0.717) is 12.3 Å². The summed E-state index contributed by atoms with van der Waals surface area (Å²) in [6.07, 6.45) is 1.68. The van der Waals surface area contributed by atoms with Gasteiger partial charge in [0.15, 0.2) is 11.0 Å². The SMILES string of the molecule is COc1ccc(-c2nc(CSc3nnc(-c4ccc(OC)cc4)n3Cc3ccco3)cs2)cc1. The van der Waals surface area contributed by atoms with Gasteiger partial charge in [0, 0.05) is 22.3 Å². The molecule has 0 N–H and O–H groups in total. The van der Waals surface area contributed by atoms with Crippen molar-refractivity contribution in [2.24, 2.45) is 0 Å². The largest absolute Gasteiger partial charge is 0.497 e. The van der Waals surface area contributed by atoms with Crippen LogP contribution in [0.2, 0.25) is 0 Å². The lowest BCUT2D eigenvalue weighted by atomic mass is 10.2. The molecule has 9 heteroatoms. The lowest BCUT2D eigenvalue weighted by molar-refractivity contribution is 0.414. The van der Waals surface area contributed by atoms with Crippen LogP contribution < -0.4 is 9.47 Å². The number of hydrogen-bond acceptors (Lipinski definition) is 8. The fraction of sp³-hybridized carbons (Fsp3) is 0.160. The number of furan rings is 1. The average molecular weight is 491 g/mol. The van der Waals surface area contributed by atoms with Crippen LogP contribution in [0.25, 0.3) is 22.0 Å². The lowest BCUT2D eigenvalue weighted by Crippen LogP contribution is -2.03. The number of methoxy groups -OCH3 is 2. The van der Waals surface area contributed by atoms with E-state index in [9.17, 15) is 0 Å². The normalized spacial score (nSPS) is 11.0.